The molecule has 5 N–H and O–H groups in total. The zero-order valence-electron chi connectivity index (χ0n) is 33.5. The quantitative estimate of drug-likeness (QED) is 0.104. The van der Waals surface area contributed by atoms with E-state index < -0.39 is 65.4 Å². The number of Topliss-reactive ketones (excluding diaryl/α,β-unsaturated/α-hetero) is 1. The van der Waals surface area contributed by atoms with Crippen molar-refractivity contribution in [3.63, 3.8) is 0 Å². The fourth-order valence-corrected chi connectivity index (χ4v) is 10.1. The molecule has 3 aromatic rings. The van der Waals surface area contributed by atoms with Crippen LogP contribution in [0.25, 0.3) is 0 Å². The van der Waals surface area contributed by atoms with Gasteiger partial charge in [0.15, 0.2) is 23.6 Å². The Morgan fingerprint density at radius 3 is 2.19 bits per heavy atom. The van der Waals surface area contributed by atoms with Crippen LogP contribution < -0.4 is 15.5 Å². The second-order valence-electron chi connectivity index (χ2n) is 16.8. The predicted molar refractivity (Wildman–Crippen MR) is 215 cm³/mol. The molecule has 13 nitrogen and oxygen atoms in total. The molecule has 2 bridgehead atoms. The zero-order valence-corrected chi connectivity index (χ0v) is 33.5. The van der Waals surface area contributed by atoms with Crippen molar-refractivity contribution in [2.75, 3.05) is 36.2 Å². The fourth-order valence-electron chi connectivity index (χ4n) is 10.1. The number of aromatic hydroxyl groups is 1. The lowest BCUT2D eigenvalue weighted by atomic mass is 9.59. The van der Waals surface area contributed by atoms with Gasteiger partial charge in [0, 0.05) is 32.6 Å². The van der Waals surface area contributed by atoms with Crippen molar-refractivity contribution in [3.05, 3.63) is 107 Å². The van der Waals surface area contributed by atoms with Crippen molar-refractivity contribution in [2.24, 2.45) is 34.5 Å². The molecule has 13 heteroatoms. The highest BCUT2D eigenvalue weighted by Gasteiger charge is 2.77. The number of carbonyl (C=O) groups excluding carboxylic acids is 5. The molecule has 2 amide bonds. The number of benzene rings is 3. The Morgan fingerprint density at radius 1 is 0.879 bits per heavy atom. The zero-order chi connectivity index (χ0) is 42.1. The third-order valence-corrected chi connectivity index (χ3v) is 12.9. The van der Waals surface area contributed by atoms with Gasteiger partial charge in [-0.05, 0) is 84.1 Å². The number of ether oxygens (including phenoxy) is 2. The normalized spacial score (nSPS) is 28.9. The van der Waals surface area contributed by atoms with Gasteiger partial charge in [-0.3, -0.25) is 19.2 Å². The summed E-state index contributed by atoms with van der Waals surface area (Å²) in [6.07, 6.45) is 0.819. The number of aliphatic hydroxyl groups excluding tert-OH is 1. The molecule has 2 fully saturated rings. The van der Waals surface area contributed by atoms with Crippen LogP contribution in [0.2, 0.25) is 0 Å². The molecule has 2 saturated carbocycles. The topological polar surface area (TPSA) is 192 Å². The van der Waals surface area contributed by atoms with E-state index in [9.17, 15) is 39.3 Å². The molecule has 0 aliphatic heterocycles. The number of allylic oxidation sites excluding steroid dienone is 1. The monoisotopic (exact) mass is 791 g/mol. The van der Waals surface area contributed by atoms with Crippen LogP contribution >= 0.6 is 0 Å². The van der Waals surface area contributed by atoms with Crippen LogP contribution in [0.3, 0.4) is 0 Å². The van der Waals surface area contributed by atoms with Gasteiger partial charge >= 0.3 is 11.9 Å². The van der Waals surface area contributed by atoms with Crippen LogP contribution in [0, 0.1) is 34.5 Å². The van der Waals surface area contributed by atoms with Gasteiger partial charge in [-0.1, -0.05) is 63.3 Å². The van der Waals surface area contributed by atoms with Crippen LogP contribution in [-0.2, 0) is 19.1 Å². The van der Waals surface area contributed by atoms with Crippen molar-refractivity contribution in [1.29, 1.82) is 0 Å². The third-order valence-electron chi connectivity index (χ3n) is 12.9. The van der Waals surface area contributed by atoms with E-state index in [1.807, 2.05) is 6.92 Å². The molecule has 0 radical (unpaired) electrons. The molecule has 0 unspecified atom stereocenters. The van der Waals surface area contributed by atoms with E-state index in [0.717, 1.165) is 0 Å². The molecular weight excluding hydrogens is 743 g/mol. The highest BCUT2D eigenvalue weighted by Crippen LogP contribution is 2.72. The molecule has 4 aliphatic carbocycles. The summed E-state index contributed by atoms with van der Waals surface area (Å²) in [6, 6.07) is 17.0. The van der Waals surface area contributed by atoms with Gasteiger partial charge in [0.25, 0.3) is 11.8 Å². The van der Waals surface area contributed by atoms with Crippen LogP contribution in [0.4, 0.5) is 17.1 Å². The van der Waals surface area contributed by atoms with E-state index in [2.05, 4.69) is 24.5 Å². The molecule has 0 aromatic heterocycles. The van der Waals surface area contributed by atoms with Crippen LogP contribution in [0.15, 0.2) is 90.0 Å². The van der Waals surface area contributed by atoms with Crippen LogP contribution in [0.5, 0.6) is 5.75 Å². The van der Waals surface area contributed by atoms with E-state index in [-0.39, 0.29) is 56.9 Å². The molecule has 7 rings (SSSR count). The SMILES string of the molecule is CC(=O)O[C@@H]1C(CO)=C[C@@H]2C(=O)[C@]3(C=C(C)[C@H](OC(=O)c4ccccc4NC(=O)c4cccc(O)c4NC(=O)c4ccccc4N(C)C)[C@@]13O)[C@H](C)C[C@@H]1[C@H]2C1(C)C. The molecule has 0 heterocycles. The van der Waals surface area contributed by atoms with Gasteiger partial charge in [0.1, 0.15) is 5.75 Å². The van der Waals surface area contributed by atoms with E-state index in [1.54, 1.807) is 74.5 Å². The number of carbonyl (C=O) groups is 5. The first-order valence-electron chi connectivity index (χ1n) is 19.4. The summed E-state index contributed by atoms with van der Waals surface area (Å²) in [6.45, 7) is 8.27. The Kier molecular flexibility index (Phi) is 10.1. The van der Waals surface area contributed by atoms with Gasteiger partial charge in [0.2, 0.25) is 0 Å². The third kappa shape index (κ3) is 6.18. The van der Waals surface area contributed by atoms with Crippen molar-refractivity contribution >= 4 is 46.6 Å². The van der Waals surface area contributed by atoms with E-state index in [1.165, 1.54) is 37.3 Å². The number of ketones is 1. The second-order valence-corrected chi connectivity index (χ2v) is 16.8. The Hall–Kier alpha value is -5.79. The number of hydrogen-bond donors (Lipinski definition) is 5. The second kappa shape index (κ2) is 14.5. The van der Waals surface area contributed by atoms with Gasteiger partial charge in [-0.15, -0.1) is 0 Å². The lowest BCUT2D eigenvalue weighted by Gasteiger charge is -2.49. The lowest BCUT2D eigenvalue weighted by molar-refractivity contribution is -0.203. The number of anilines is 3. The largest absolute Gasteiger partial charge is 0.506 e. The minimum atomic E-state index is -2.35. The predicted octanol–water partition coefficient (Wildman–Crippen LogP) is 5.53. The summed E-state index contributed by atoms with van der Waals surface area (Å²) < 4.78 is 12.0. The number of nitrogens with one attached hydrogen (secondary N) is 2. The number of esters is 2. The summed E-state index contributed by atoms with van der Waals surface area (Å²) in [7, 11) is 3.56. The van der Waals surface area contributed by atoms with Gasteiger partial charge in [0.05, 0.1) is 40.1 Å². The number of nitrogens with zero attached hydrogens (tertiary/aromatic N) is 1. The van der Waals surface area contributed by atoms with Crippen LogP contribution in [0.1, 0.15) is 72.1 Å². The summed E-state index contributed by atoms with van der Waals surface area (Å²) in [5.74, 6) is -4.82. The van der Waals surface area contributed by atoms with Gasteiger partial charge in [-0.25, -0.2) is 4.79 Å². The molecule has 3 aromatic carbocycles. The molecular formula is C45H49N3O10. The number of rotatable bonds is 9. The number of fused-ring (bicyclic) bond motifs is 3. The maximum Gasteiger partial charge on any atom is 0.340 e. The molecule has 4 aliphatic rings. The average Bonchev–Trinajstić information content (AvgIpc) is 3.67. The van der Waals surface area contributed by atoms with E-state index in [0.29, 0.717) is 23.2 Å². The Labute approximate surface area is 336 Å². The Morgan fingerprint density at radius 2 is 1.52 bits per heavy atom. The summed E-state index contributed by atoms with van der Waals surface area (Å²) in [5.41, 5.74) is -3.13. The van der Waals surface area contributed by atoms with Crippen LogP contribution in [-0.4, -0.2) is 83.4 Å². The maximum absolute atomic E-state index is 15.0. The van der Waals surface area contributed by atoms with Crippen molar-refractivity contribution in [2.45, 2.75) is 58.8 Å². The molecule has 58 heavy (non-hydrogen) atoms. The highest BCUT2D eigenvalue weighted by atomic mass is 16.6. The van der Waals surface area contributed by atoms with Crippen molar-refractivity contribution < 1.29 is 48.8 Å². The number of aliphatic hydroxyl groups is 2. The minimum Gasteiger partial charge on any atom is -0.506 e. The standard InChI is InChI=1S/C45H49N3O10/c1-23-21-44-24(2)19-31-35(43(31,4)5)30(37(44)52)20-26(22-49)39(57-25(3)50)45(44,56)38(23)58-42(55)27-13-8-10-16-32(27)46-41(54)29-15-12-18-34(51)36(29)47-40(53)28-14-9-11-17-33(28)48(6)7/h8-18,20-21,24,30-31,35,38-39,49,51,56H,19,22H2,1-7H3,(H,46,54)(H,47,53)/t24-,30+,31-,35+,38+,39-,44+,45-/m1/s1. The first-order valence-corrected chi connectivity index (χ1v) is 19.4. The highest BCUT2D eigenvalue weighted by molar-refractivity contribution is 6.16. The molecule has 0 saturated heterocycles. The first-order chi connectivity index (χ1) is 27.4. The average molecular weight is 792 g/mol. The first kappa shape index (κ1) is 40.4. The van der Waals surface area contributed by atoms with Gasteiger partial charge < -0.3 is 40.3 Å². The maximum atomic E-state index is 15.0. The number of amides is 2. The lowest BCUT2D eigenvalue weighted by Crippen LogP contribution is -2.66. The molecule has 8 atom stereocenters. The van der Waals surface area contributed by atoms with E-state index in [4.69, 9.17) is 9.47 Å². The minimum absolute atomic E-state index is 0.00652. The Balaban J connectivity index is 1.22. The summed E-state index contributed by atoms with van der Waals surface area (Å²) in [5, 5.41) is 40.2. The van der Waals surface area contributed by atoms with Crippen molar-refractivity contribution in [1.82, 2.24) is 0 Å². The number of para-hydroxylation sites is 3. The Bertz CT molecular complexity index is 2300. The fraction of sp³-hybridized carbons (Fsp3) is 0.400. The van der Waals surface area contributed by atoms with Gasteiger partial charge in [-0.2, -0.15) is 0 Å². The number of phenolic OH excluding ortho intramolecular Hbond substituents is 1. The smallest absolute Gasteiger partial charge is 0.340 e. The van der Waals surface area contributed by atoms with Crippen molar-refractivity contribution in [3.8, 4) is 5.75 Å². The summed E-state index contributed by atoms with van der Waals surface area (Å²) in [4.78, 5) is 71.2. The molecule has 304 valence electrons. The molecule has 1 spiro atoms. The summed E-state index contributed by atoms with van der Waals surface area (Å²) >= 11 is 0. The number of hydrogen-bond acceptors (Lipinski definition) is 11. The number of phenols is 1. The van der Waals surface area contributed by atoms with E-state index >= 15 is 0 Å².